The fraction of sp³-hybridized carbons (Fsp3) is 0.481. The fourth-order valence-electron chi connectivity index (χ4n) is 3.52. The van der Waals surface area contributed by atoms with Gasteiger partial charge in [-0.2, -0.15) is 0 Å². The van der Waals surface area contributed by atoms with Crippen LogP contribution in [0.1, 0.15) is 55.7 Å². The van der Waals surface area contributed by atoms with Crippen molar-refractivity contribution in [3.63, 3.8) is 0 Å². The number of amides is 2. The van der Waals surface area contributed by atoms with Gasteiger partial charge in [-0.3, -0.25) is 9.69 Å². The molecule has 2 atom stereocenters. The van der Waals surface area contributed by atoms with Crippen LogP contribution in [0.4, 0.5) is 4.79 Å². The van der Waals surface area contributed by atoms with Crippen molar-refractivity contribution in [3.05, 3.63) is 64.7 Å². The number of methoxy groups -OCH3 is 1. The molecule has 2 unspecified atom stereocenters. The van der Waals surface area contributed by atoms with Crippen molar-refractivity contribution in [1.82, 2.24) is 4.90 Å². The normalized spacial score (nSPS) is 13.1. The first-order valence-electron chi connectivity index (χ1n) is 11.8. The summed E-state index contributed by atoms with van der Waals surface area (Å²) in [5, 5.41) is 0. The summed E-state index contributed by atoms with van der Waals surface area (Å²) in [6.45, 7) is 9.78. The molecule has 2 aromatic rings. The molecule has 192 valence electrons. The molecular weight excluding hydrogens is 446 g/mol. The minimum Gasteiger partial charge on any atom is -0.497 e. The number of ether oxygens (including phenoxy) is 3. The smallest absolute Gasteiger partial charge is 0.320 e. The highest BCUT2D eigenvalue weighted by Gasteiger charge is 2.36. The molecule has 0 aromatic heterocycles. The van der Waals surface area contributed by atoms with Crippen LogP contribution in [0.25, 0.3) is 0 Å². The predicted octanol–water partition coefficient (Wildman–Crippen LogP) is 4.21. The lowest BCUT2D eigenvalue weighted by Gasteiger charge is -2.37. The van der Waals surface area contributed by atoms with Gasteiger partial charge in [-0.15, -0.1) is 0 Å². The standard InChI is InChI=1S/C27H39N3O5/c1-18-10-11-20(16-19(18)2)12-13-23(35-25(31)27(3,4)5)30(26(29)32)24(34-15-14-28)21-8-7-9-22(17-21)33-6/h7-11,16-17,23-24H,12-15,28H2,1-6H3,(H2,29,32). The minimum atomic E-state index is -0.963. The Kier molecular flexibility index (Phi) is 10.1. The number of urea groups is 1. The van der Waals surface area contributed by atoms with E-state index in [1.54, 1.807) is 52.1 Å². The zero-order valence-corrected chi connectivity index (χ0v) is 21.7. The minimum absolute atomic E-state index is 0.169. The van der Waals surface area contributed by atoms with Crippen LogP contribution in [-0.2, 0) is 20.7 Å². The number of primary amides is 1. The molecule has 8 nitrogen and oxygen atoms in total. The van der Waals surface area contributed by atoms with E-state index < -0.39 is 29.9 Å². The van der Waals surface area contributed by atoms with Crippen molar-refractivity contribution in [2.24, 2.45) is 16.9 Å². The number of esters is 1. The molecule has 4 N–H and O–H groups in total. The molecule has 35 heavy (non-hydrogen) atoms. The van der Waals surface area contributed by atoms with E-state index in [0.29, 0.717) is 24.2 Å². The second-order valence-electron chi connectivity index (χ2n) is 9.60. The van der Waals surface area contributed by atoms with Gasteiger partial charge < -0.3 is 25.7 Å². The van der Waals surface area contributed by atoms with Crippen LogP contribution in [0.3, 0.4) is 0 Å². The summed E-state index contributed by atoms with van der Waals surface area (Å²) in [6, 6.07) is 12.5. The summed E-state index contributed by atoms with van der Waals surface area (Å²) in [7, 11) is 1.55. The summed E-state index contributed by atoms with van der Waals surface area (Å²) in [5.41, 5.74) is 14.8. The first kappa shape index (κ1) is 28.1. The van der Waals surface area contributed by atoms with E-state index in [1.165, 1.54) is 10.5 Å². The third-order valence-corrected chi connectivity index (χ3v) is 5.70. The molecule has 2 amide bonds. The molecular formula is C27H39N3O5. The molecule has 0 saturated carbocycles. The molecule has 0 fully saturated rings. The third kappa shape index (κ3) is 7.97. The van der Waals surface area contributed by atoms with Crippen LogP contribution >= 0.6 is 0 Å². The maximum atomic E-state index is 12.9. The summed E-state index contributed by atoms with van der Waals surface area (Å²) in [5.74, 6) is 0.142. The van der Waals surface area contributed by atoms with Crippen molar-refractivity contribution in [2.75, 3.05) is 20.3 Å². The van der Waals surface area contributed by atoms with Crippen molar-refractivity contribution in [1.29, 1.82) is 0 Å². The summed E-state index contributed by atoms with van der Waals surface area (Å²) in [4.78, 5) is 27.0. The lowest BCUT2D eigenvalue weighted by Crippen LogP contribution is -2.50. The van der Waals surface area contributed by atoms with Gasteiger partial charge in [0.1, 0.15) is 5.75 Å². The van der Waals surface area contributed by atoms with Crippen LogP contribution in [0.15, 0.2) is 42.5 Å². The van der Waals surface area contributed by atoms with E-state index in [4.69, 9.17) is 25.7 Å². The number of hydrogen-bond donors (Lipinski definition) is 2. The van der Waals surface area contributed by atoms with Gasteiger partial charge in [-0.1, -0.05) is 30.3 Å². The number of nitrogens with two attached hydrogens (primary N) is 2. The quantitative estimate of drug-likeness (QED) is 0.364. The van der Waals surface area contributed by atoms with Gasteiger partial charge in [0.05, 0.1) is 19.1 Å². The first-order valence-corrected chi connectivity index (χ1v) is 11.8. The number of aryl methyl sites for hydroxylation is 3. The number of carbonyl (C=O) groups excluding carboxylic acids is 2. The SMILES string of the molecule is COc1cccc(C(OCCN)N(C(N)=O)C(CCc2ccc(C)c(C)c2)OC(=O)C(C)(C)C)c1. The van der Waals surface area contributed by atoms with Gasteiger partial charge in [0.2, 0.25) is 0 Å². The number of rotatable bonds is 11. The summed E-state index contributed by atoms with van der Waals surface area (Å²) < 4.78 is 17.2. The molecule has 8 heteroatoms. The average molecular weight is 486 g/mol. The molecule has 2 rings (SSSR count). The van der Waals surface area contributed by atoms with Gasteiger partial charge in [-0.25, -0.2) is 4.79 Å². The Hall–Kier alpha value is -3.10. The Morgan fingerprint density at radius 1 is 1.06 bits per heavy atom. The number of nitrogens with zero attached hydrogens (tertiary/aromatic N) is 1. The monoisotopic (exact) mass is 485 g/mol. The number of benzene rings is 2. The molecule has 0 aliphatic carbocycles. The molecule has 0 aliphatic rings. The lowest BCUT2D eigenvalue weighted by molar-refractivity contribution is -0.178. The maximum Gasteiger partial charge on any atom is 0.320 e. The largest absolute Gasteiger partial charge is 0.497 e. The van der Waals surface area contributed by atoms with Crippen molar-refractivity contribution in [3.8, 4) is 5.75 Å². The Morgan fingerprint density at radius 3 is 2.34 bits per heavy atom. The van der Waals surface area contributed by atoms with E-state index in [9.17, 15) is 9.59 Å². The van der Waals surface area contributed by atoms with Gasteiger partial charge >= 0.3 is 12.0 Å². The van der Waals surface area contributed by atoms with Gasteiger partial charge in [0.25, 0.3) is 0 Å². The van der Waals surface area contributed by atoms with Crippen molar-refractivity contribution < 1.29 is 23.8 Å². The van der Waals surface area contributed by atoms with Crippen LogP contribution in [-0.4, -0.2) is 43.4 Å². The van der Waals surface area contributed by atoms with Gasteiger partial charge in [0.15, 0.2) is 12.5 Å². The Labute approximate surface area is 208 Å². The Morgan fingerprint density at radius 2 is 1.77 bits per heavy atom. The average Bonchev–Trinajstić information content (AvgIpc) is 2.80. The zero-order valence-electron chi connectivity index (χ0n) is 21.7. The molecule has 2 aromatic carbocycles. The van der Waals surface area contributed by atoms with Crippen LogP contribution in [0, 0.1) is 19.3 Å². The van der Waals surface area contributed by atoms with E-state index in [0.717, 1.165) is 11.1 Å². The highest BCUT2D eigenvalue weighted by molar-refractivity contribution is 5.77. The topological polar surface area (TPSA) is 117 Å². The Bertz CT molecular complexity index is 1000. The highest BCUT2D eigenvalue weighted by Crippen LogP contribution is 2.30. The summed E-state index contributed by atoms with van der Waals surface area (Å²) >= 11 is 0. The van der Waals surface area contributed by atoms with Gasteiger partial charge in [0, 0.05) is 18.5 Å². The number of carbonyl (C=O) groups is 2. The molecule has 0 heterocycles. The van der Waals surface area contributed by atoms with Crippen molar-refractivity contribution in [2.45, 2.75) is 59.9 Å². The van der Waals surface area contributed by atoms with Crippen LogP contribution in [0.5, 0.6) is 5.75 Å². The Balaban J connectivity index is 2.47. The lowest BCUT2D eigenvalue weighted by atomic mass is 9.97. The van der Waals surface area contributed by atoms with E-state index in [-0.39, 0.29) is 13.2 Å². The maximum absolute atomic E-state index is 12.9. The molecule has 0 radical (unpaired) electrons. The van der Waals surface area contributed by atoms with Crippen molar-refractivity contribution >= 4 is 12.0 Å². The molecule has 0 spiro atoms. The van der Waals surface area contributed by atoms with Crippen LogP contribution in [0.2, 0.25) is 0 Å². The second-order valence-corrected chi connectivity index (χ2v) is 9.60. The van der Waals surface area contributed by atoms with E-state index in [2.05, 4.69) is 19.1 Å². The van der Waals surface area contributed by atoms with Gasteiger partial charge in [-0.05, 0) is 69.9 Å². The third-order valence-electron chi connectivity index (χ3n) is 5.70. The highest BCUT2D eigenvalue weighted by atomic mass is 16.6. The summed E-state index contributed by atoms with van der Waals surface area (Å²) in [6.07, 6.45) is -0.993. The number of hydrogen-bond acceptors (Lipinski definition) is 6. The molecule has 0 bridgehead atoms. The first-order chi connectivity index (χ1) is 16.5. The van der Waals surface area contributed by atoms with Crippen LogP contribution < -0.4 is 16.2 Å². The molecule has 0 saturated heterocycles. The predicted molar refractivity (Wildman–Crippen MR) is 136 cm³/mol. The zero-order chi connectivity index (χ0) is 26.2. The van der Waals surface area contributed by atoms with E-state index >= 15 is 0 Å². The fourth-order valence-corrected chi connectivity index (χ4v) is 3.52. The second kappa shape index (κ2) is 12.6. The molecule has 0 aliphatic heterocycles. The van der Waals surface area contributed by atoms with E-state index in [1.807, 2.05) is 13.0 Å².